The Morgan fingerprint density at radius 3 is 2.87 bits per heavy atom. The molecule has 1 saturated carbocycles. The lowest BCUT2D eigenvalue weighted by molar-refractivity contribution is 0.328. The fourth-order valence-corrected chi connectivity index (χ4v) is 2.77. The van der Waals surface area contributed by atoms with Gasteiger partial charge in [-0.2, -0.15) is 5.10 Å². The molecule has 0 unspecified atom stereocenters. The van der Waals surface area contributed by atoms with E-state index in [0.717, 1.165) is 13.0 Å². The van der Waals surface area contributed by atoms with Crippen LogP contribution in [-0.2, 0) is 6.42 Å². The minimum atomic E-state index is 0.672. The van der Waals surface area contributed by atoms with Gasteiger partial charge in [0.1, 0.15) is 0 Å². The molecule has 0 aromatic carbocycles. The summed E-state index contributed by atoms with van der Waals surface area (Å²) in [5.74, 6) is 0. The molecule has 1 aromatic rings. The van der Waals surface area contributed by atoms with Gasteiger partial charge >= 0.3 is 0 Å². The number of nitrogens with one attached hydrogen (secondary N) is 1. The van der Waals surface area contributed by atoms with Crippen LogP contribution in [0.5, 0.6) is 0 Å². The SMILES string of the molecule is c1c2c(nn1C1CCCCC1)CCCN2. The zero-order chi connectivity index (χ0) is 10.1. The number of rotatable bonds is 1. The minimum Gasteiger partial charge on any atom is -0.382 e. The van der Waals surface area contributed by atoms with Gasteiger partial charge in [-0.3, -0.25) is 4.68 Å². The first-order valence-electron chi connectivity index (χ1n) is 6.25. The number of anilines is 1. The predicted octanol–water partition coefficient (Wildman–Crippen LogP) is 2.75. The van der Waals surface area contributed by atoms with Crippen molar-refractivity contribution in [1.82, 2.24) is 9.78 Å². The highest BCUT2D eigenvalue weighted by Gasteiger charge is 2.19. The van der Waals surface area contributed by atoms with Crippen molar-refractivity contribution in [2.45, 2.75) is 51.0 Å². The zero-order valence-corrected chi connectivity index (χ0v) is 9.21. The van der Waals surface area contributed by atoms with Crippen molar-refractivity contribution < 1.29 is 0 Å². The van der Waals surface area contributed by atoms with Crippen LogP contribution in [-0.4, -0.2) is 16.3 Å². The molecule has 0 radical (unpaired) electrons. The molecule has 1 N–H and O–H groups in total. The number of hydrogen-bond donors (Lipinski definition) is 1. The number of fused-ring (bicyclic) bond motifs is 1. The van der Waals surface area contributed by atoms with E-state index in [1.54, 1.807) is 0 Å². The molecule has 2 heterocycles. The molecule has 1 aromatic heterocycles. The fourth-order valence-electron chi connectivity index (χ4n) is 2.77. The molecule has 0 spiro atoms. The van der Waals surface area contributed by atoms with Crippen LogP contribution in [0.3, 0.4) is 0 Å². The maximum absolute atomic E-state index is 4.73. The Labute approximate surface area is 90.9 Å². The van der Waals surface area contributed by atoms with Crippen LogP contribution in [0.1, 0.15) is 50.3 Å². The molecular formula is C12H19N3. The van der Waals surface area contributed by atoms with Crippen molar-refractivity contribution in [3.63, 3.8) is 0 Å². The van der Waals surface area contributed by atoms with E-state index >= 15 is 0 Å². The first-order chi connectivity index (χ1) is 7.43. The van der Waals surface area contributed by atoms with Gasteiger partial charge in [-0.25, -0.2) is 0 Å². The molecule has 0 bridgehead atoms. The smallest absolute Gasteiger partial charge is 0.0856 e. The molecule has 0 amide bonds. The zero-order valence-electron chi connectivity index (χ0n) is 9.21. The van der Waals surface area contributed by atoms with Gasteiger partial charge in [0, 0.05) is 12.7 Å². The monoisotopic (exact) mass is 205 g/mol. The van der Waals surface area contributed by atoms with Crippen molar-refractivity contribution in [3.8, 4) is 0 Å². The Bertz CT molecular complexity index is 313. The van der Waals surface area contributed by atoms with Gasteiger partial charge in [0.05, 0.1) is 17.4 Å². The topological polar surface area (TPSA) is 29.9 Å². The quantitative estimate of drug-likeness (QED) is 0.764. The van der Waals surface area contributed by atoms with E-state index in [9.17, 15) is 0 Å². The van der Waals surface area contributed by atoms with E-state index in [1.807, 2.05) is 0 Å². The molecule has 1 aliphatic carbocycles. The summed E-state index contributed by atoms with van der Waals surface area (Å²) in [6.45, 7) is 1.11. The van der Waals surface area contributed by atoms with E-state index in [4.69, 9.17) is 5.10 Å². The van der Waals surface area contributed by atoms with Crippen LogP contribution in [0.4, 0.5) is 5.69 Å². The van der Waals surface area contributed by atoms with Crippen LogP contribution in [0.2, 0.25) is 0 Å². The lowest BCUT2D eigenvalue weighted by Crippen LogP contribution is -2.13. The summed E-state index contributed by atoms with van der Waals surface area (Å²) in [6.07, 6.45) is 11.4. The average Bonchev–Trinajstić information content (AvgIpc) is 2.74. The molecule has 3 heteroatoms. The third-order valence-electron chi connectivity index (χ3n) is 3.66. The molecule has 82 valence electrons. The first-order valence-corrected chi connectivity index (χ1v) is 6.25. The van der Waals surface area contributed by atoms with Crippen LogP contribution in [0, 0.1) is 0 Å². The average molecular weight is 205 g/mol. The number of nitrogens with zero attached hydrogens (tertiary/aromatic N) is 2. The Balaban J connectivity index is 1.82. The van der Waals surface area contributed by atoms with Crippen molar-refractivity contribution in [2.75, 3.05) is 11.9 Å². The van der Waals surface area contributed by atoms with Gasteiger partial charge < -0.3 is 5.32 Å². The first kappa shape index (κ1) is 9.25. The summed E-state index contributed by atoms with van der Waals surface area (Å²) in [7, 11) is 0. The normalized spacial score (nSPS) is 22.1. The number of aromatic nitrogens is 2. The maximum atomic E-state index is 4.73. The van der Waals surface area contributed by atoms with Crippen molar-refractivity contribution in [3.05, 3.63) is 11.9 Å². The molecule has 3 rings (SSSR count). The van der Waals surface area contributed by atoms with Gasteiger partial charge in [0.15, 0.2) is 0 Å². The van der Waals surface area contributed by atoms with Crippen molar-refractivity contribution >= 4 is 5.69 Å². The lowest BCUT2D eigenvalue weighted by Gasteiger charge is -2.21. The maximum Gasteiger partial charge on any atom is 0.0856 e. The molecular weight excluding hydrogens is 186 g/mol. The third kappa shape index (κ3) is 1.75. The molecule has 2 aliphatic rings. The van der Waals surface area contributed by atoms with Crippen LogP contribution < -0.4 is 5.32 Å². The molecule has 0 atom stereocenters. The second-order valence-corrected chi connectivity index (χ2v) is 4.79. The van der Waals surface area contributed by atoms with E-state index in [1.165, 1.54) is 49.9 Å². The van der Waals surface area contributed by atoms with E-state index in [-0.39, 0.29) is 0 Å². The lowest BCUT2D eigenvalue weighted by atomic mass is 9.96. The second kappa shape index (κ2) is 3.87. The largest absolute Gasteiger partial charge is 0.382 e. The molecule has 0 saturated heterocycles. The molecule has 1 fully saturated rings. The highest BCUT2D eigenvalue weighted by atomic mass is 15.3. The van der Waals surface area contributed by atoms with E-state index in [2.05, 4.69) is 16.2 Å². The molecule has 1 aliphatic heterocycles. The van der Waals surface area contributed by atoms with Gasteiger partial charge in [0.2, 0.25) is 0 Å². The molecule has 3 nitrogen and oxygen atoms in total. The van der Waals surface area contributed by atoms with Crippen LogP contribution >= 0.6 is 0 Å². The van der Waals surface area contributed by atoms with E-state index < -0.39 is 0 Å². The number of hydrogen-bond acceptors (Lipinski definition) is 2. The Hall–Kier alpha value is -0.990. The minimum absolute atomic E-state index is 0.672. The van der Waals surface area contributed by atoms with Crippen LogP contribution in [0.15, 0.2) is 6.20 Å². The van der Waals surface area contributed by atoms with Gasteiger partial charge in [-0.1, -0.05) is 19.3 Å². The van der Waals surface area contributed by atoms with E-state index in [0.29, 0.717) is 6.04 Å². The molecule has 15 heavy (non-hydrogen) atoms. The van der Waals surface area contributed by atoms with Crippen molar-refractivity contribution in [1.29, 1.82) is 0 Å². The number of aryl methyl sites for hydroxylation is 1. The van der Waals surface area contributed by atoms with Gasteiger partial charge in [0.25, 0.3) is 0 Å². The standard InChI is InChI=1S/C12H19N3/c1-2-5-10(6-3-1)15-9-12-11(14-15)7-4-8-13-12/h9-10,13H,1-8H2. The summed E-state index contributed by atoms with van der Waals surface area (Å²) >= 11 is 0. The van der Waals surface area contributed by atoms with Gasteiger partial charge in [-0.05, 0) is 25.7 Å². The Kier molecular flexibility index (Phi) is 2.39. The summed E-state index contributed by atoms with van der Waals surface area (Å²) in [5.41, 5.74) is 2.57. The van der Waals surface area contributed by atoms with Crippen molar-refractivity contribution in [2.24, 2.45) is 0 Å². The summed E-state index contributed by atoms with van der Waals surface area (Å²) in [5, 5.41) is 8.17. The highest BCUT2D eigenvalue weighted by Crippen LogP contribution is 2.30. The Morgan fingerprint density at radius 1 is 1.20 bits per heavy atom. The highest BCUT2D eigenvalue weighted by molar-refractivity contribution is 5.48. The van der Waals surface area contributed by atoms with Gasteiger partial charge in [-0.15, -0.1) is 0 Å². The summed E-state index contributed by atoms with van der Waals surface area (Å²) in [4.78, 5) is 0. The summed E-state index contributed by atoms with van der Waals surface area (Å²) in [6, 6.07) is 0.672. The Morgan fingerprint density at radius 2 is 2.07 bits per heavy atom. The second-order valence-electron chi connectivity index (χ2n) is 4.79. The predicted molar refractivity (Wildman–Crippen MR) is 61.2 cm³/mol. The fraction of sp³-hybridized carbons (Fsp3) is 0.750. The third-order valence-corrected chi connectivity index (χ3v) is 3.66. The van der Waals surface area contributed by atoms with Crippen LogP contribution in [0.25, 0.3) is 0 Å². The summed E-state index contributed by atoms with van der Waals surface area (Å²) < 4.78 is 2.22.